The Hall–Kier alpha value is -3.38. The normalized spacial score (nSPS) is 22.1. The van der Waals surface area contributed by atoms with Gasteiger partial charge in [-0.25, -0.2) is 8.78 Å². The monoisotopic (exact) mass is 575 g/mol. The third-order valence-corrected chi connectivity index (χ3v) is 8.66. The maximum Gasteiger partial charge on any atom is 0.416 e. The van der Waals surface area contributed by atoms with E-state index in [1.165, 1.54) is 17.9 Å². The first-order valence-corrected chi connectivity index (χ1v) is 13.5. The van der Waals surface area contributed by atoms with Crippen LogP contribution in [0.25, 0.3) is 0 Å². The van der Waals surface area contributed by atoms with Crippen molar-refractivity contribution in [2.24, 2.45) is 13.0 Å². The second-order valence-corrected chi connectivity index (χ2v) is 11.6. The summed E-state index contributed by atoms with van der Waals surface area (Å²) in [5.74, 6) is -3.45. The van der Waals surface area contributed by atoms with E-state index in [2.05, 4.69) is 10.2 Å². The van der Waals surface area contributed by atoms with Gasteiger partial charge in [0.25, 0.3) is 11.8 Å². The fourth-order valence-corrected chi connectivity index (χ4v) is 6.08. The topological polar surface area (TPSA) is 63.5 Å². The van der Waals surface area contributed by atoms with Gasteiger partial charge in [-0.15, -0.1) is 10.2 Å². The number of alkyl halides is 5. The molecule has 0 N–H and O–H groups in total. The lowest BCUT2D eigenvalue weighted by Gasteiger charge is -2.42. The molecule has 218 valence electrons. The van der Waals surface area contributed by atoms with E-state index < -0.39 is 29.5 Å². The molecular formula is C29H30F5N5O2. The van der Waals surface area contributed by atoms with E-state index in [1.54, 1.807) is 23.4 Å². The number of benzene rings is 2. The minimum Gasteiger partial charge on any atom is -0.379 e. The summed E-state index contributed by atoms with van der Waals surface area (Å²) >= 11 is 0. The van der Waals surface area contributed by atoms with E-state index in [9.17, 15) is 26.7 Å². The highest BCUT2D eigenvalue weighted by molar-refractivity contribution is 6.10. The van der Waals surface area contributed by atoms with Crippen LogP contribution in [0.2, 0.25) is 0 Å². The average molecular weight is 576 g/mol. The molecule has 0 radical (unpaired) electrons. The fraction of sp³-hybridized carbons (Fsp3) is 0.483. The van der Waals surface area contributed by atoms with Crippen LogP contribution in [0, 0.1) is 5.92 Å². The lowest BCUT2D eigenvalue weighted by molar-refractivity contribution is -0.138. The van der Waals surface area contributed by atoms with E-state index in [4.69, 9.17) is 4.74 Å². The first kappa shape index (κ1) is 27.8. The number of carbonyl (C=O) groups excluding carboxylic acids is 1. The number of carbonyl (C=O) groups is 1. The Morgan fingerprint density at radius 1 is 1.15 bits per heavy atom. The summed E-state index contributed by atoms with van der Waals surface area (Å²) in [5, 5.41) is 8.13. The summed E-state index contributed by atoms with van der Waals surface area (Å²) in [6, 6.07) is 9.83. The molecule has 1 amide bonds. The summed E-state index contributed by atoms with van der Waals surface area (Å²) in [7, 11) is 1.85. The highest BCUT2D eigenvalue weighted by Gasteiger charge is 2.44. The molecule has 1 aromatic heterocycles. The van der Waals surface area contributed by atoms with Gasteiger partial charge in [-0.1, -0.05) is 19.1 Å². The molecule has 1 unspecified atom stereocenters. The second-order valence-electron chi connectivity index (χ2n) is 11.6. The van der Waals surface area contributed by atoms with Crippen molar-refractivity contribution < 1.29 is 31.5 Å². The van der Waals surface area contributed by atoms with Gasteiger partial charge >= 0.3 is 6.18 Å². The van der Waals surface area contributed by atoms with Crippen molar-refractivity contribution in [3.05, 3.63) is 76.4 Å². The molecule has 4 heterocycles. The SMILES string of the molecule is CC1CN(Cc2cc3c(c(C(F)(F)F)c2)CN(c2cccc(C4(Cc5nncn5C)COC4)c2)C3=O)CCC1(F)F. The van der Waals surface area contributed by atoms with E-state index in [-0.39, 0.29) is 54.7 Å². The van der Waals surface area contributed by atoms with Crippen LogP contribution < -0.4 is 4.90 Å². The van der Waals surface area contributed by atoms with Crippen LogP contribution in [0.4, 0.5) is 27.6 Å². The molecule has 2 aromatic carbocycles. The molecule has 2 saturated heterocycles. The highest BCUT2D eigenvalue weighted by Crippen LogP contribution is 2.42. The molecule has 3 aliphatic heterocycles. The van der Waals surface area contributed by atoms with Crippen molar-refractivity contribution in [3.8, 4) is 0 Å². The molecule has 41 heavy (non-hydrogen) atoms. The Kier molecular flexibility index (Phi) is 6.68. The van der Waals surface area contributed by atoms with Crippen molar-refractivity contribution >= 4 is 11.6 Å². The Balaban J connectivity index is 1.29. The van der Waals surface area contributed by atoms with Gasteiger partial charge in [0.05, 0.1) is 25.3 Å². The Morgan fingerprint density at radius 3 is 2.56 bits per heavy atom. The fourth-order valence-electron chi connectivity index (χ4n) is 6.08. The van der Waals surface area contributed by atoms with Gasteiger partial charge in [0.15, 0.2) is 0 Å². The third-order valence-electron chi connectivity index (χ3n) is 8.66. The van der Waals surface area contributed by atoms with E-state index >= 15 is 0 Å². The zero-order chi connectivity index (χ0) is 29.2. The van der Waals surface area contributed by atoms with Crippen LogP contribution in [-0.2, 0) is 42.9 Å². The van der Waals surface area contributed by atoms with Crippen molar-refractivity contribution in [2.45, 2.75) is 50.4 Å². The number of aryl methyl sites for hydroxylation is 1. The van der Waals surface area contributed by atoms with Gasteiger partial charge in [0.1, 0.15) is 12.2 Å². The van der Waals surface area contributed by atoms with Crippen molar-refractivity contribution in [1.82, 2.24) is 19.7 Å². The number of ether oxygens (including phenoxy) is 1. The lowest BCUT2D eigenvalue weighted by Crippen LogP contribution is -2.49. The number of aromatic nitrogens is 3. The summed E-state index contributed by atoms with van der Waals surface area (Å²) < 4.78 is 78.0. The average Bonchev–Trinajstić information content (AvgIpc) is 3.45. The van der Waals surface area contributed by atoms with Crippen LogP contribution in [0.15, 0.2) is 42.7 Å². The van der Waals surface area contributed by atoms with Gasteiger partial charge in [-0.05, 0) is 41.0 Å². The zero-order valence-electron chi connectivity index (χ0n) is 22.7. The Bertz CT molecular complexity index is 1480. The molecule has 3 aliphatic rings. The summed E-state index contributed by atoms with van der Waals surface area (Å²) in [4.78, 5) is 16.7. The number of hydrogen-bond donors (Lipinski definition) is 0. The van der Waals surface area contributed by atoms with Crippen molar-refractivity contribution in [1.29, 1.82) is 0 Å². The van der Waals surface area contributed by atoms with Crippen LogP contribution in [0.3, 0.4) is 0 Å². The standard InChI is InChI=1S/C29H30F5N5O2/c1-18-12-38(7-6-28(18,30)31)13-19-8-22-23(24(9-19)29(32,33)34)14-39(26(22)40)21-5-3-4-20(10-21)27(15-41-16-27)11-25-36-35-17-37(25)2/h3-5,8-10,17-18H,6-7,11-16H2,1-2H3. The molecule has 3 aromatic rings. The molecule has 1 atom stereocenters. The summed E-state index contributed by atoms with van der Waals surface area (Å²) in [5.41, 5.74) is 0.354. The van der Waals surface area contributed by atoms with Crippen molar-refractivity contribution in [2.75, 3.05) is 31.2 Å². The van der Waals surface area contributed by atoms with Gasteiger partial charge < -0.3 is 14.2 Å². The minimum absolute atomic E-state index is 0.00334. The lowest BCUT2D eigenvalue weighted by atomic mass is 9.75. The first-order chi connectivity index (χ1) is 19.4. The number of piperidine rings is 1. The molecule has 6 rings (SSSR count). The van der Waals surface area contributed by atoms with Gasteiger partial charge in [-0.2, -0.15) is 13.2 Å². The van der Waals surface area contributed by atoms with Gasteiger partial charge in [0.2, 0.25) is 0 Å². The Morgan fingerprint density at radius 2 is 1.93 bits per heavy atom. The molecular weight excluding hydrogens is 545 g/mol. The predicted molar refractivity (Wildman–Crippen MR) is 140 cm³/mol. The Labute approximate surface area is 233 Å². The van der Waals surface area contributed by atoms with E-state index in [0.29, 0.717) is 25.3 Å². The molecule has 0 aliphatic carbocycles. The number of anilines is 1. The number of nitrogens with zero attached hydrogens (tertiary/aromatic N) is 5. The number of likely N-dealkylation sites (tertiary alicyclic amines) is 1. The summed E-state index contributed by atoms with van der Waals surface area (Å²) in [6.07, 6.45) is -2.85. The number of rotatable bonds is 6. The molecule has 0 bridgehead atoms. The van der Waals surface area contributed by atoms with Crippen molar-refractivity contribution in [3.63, 3.8) is 0 Å². The molecule has 12 heteroatoms. The zero-order valence-corrected chi connectivity index (χ0v) is 22.7. The first-order valence-electron chi connectivity index (χ1n) is 13.5. The third kappa shape index (κ3) is 5.01. The molecule has 7 nitrogen and oxygen atoms in total. The molecule has 0 spiro atoms. The number of hydrogen-bond acceptors (Lipinski definition) is 5. The van der Waals surface area contributed by atoms with E-state index in [0.717, 1.165) is 17.5 Å². The quantitative estimate of drug-likeness (QED) is 0.388. The maximum atomic E-state index is 14.2. The molecule has 0 saturated carbocycles. The second kappa shape index (κ2) is 9.87. The molecule has 2 fully saturated rings. The largest absolute Gasteiger partial charge is 0.416 e. The maximum absolute atomic E-state index is 14.2. The van der Waals surface area contributed by atoms with E-state index in [1.807, 2.05) is 23.7 Å². The van der Waals surface area contributed by atoms with Crippen LogP contribution in [0.1, 0.15) is 51.8 Å². The number of amides is 1. The predicted octanol–water partition coefficient (Wildman–Crippen LogP) is 4.98. The summed E-state index contributed by atoms with van der Waals surface area (Å²) in [6.45, 7) is 2.32. The highest BCUT2D eigenvalue weighted by atomic mass is 19.4. The van der Waals surface area contributed by atoms with Crippen LogP contribution >= 0.6 is 0 Å². The minimum atomic E-state index is -4.68. The van der Waals surface area contributed by atoms with Crippen LogP contribution in [-0.4, -0.2) is 57.8 Å². The smallest absolute Gasteiger partial charge is 0.379 e. The number of halogens is 5. The number of fused-ring (bicyclic) bond motifs is 1. The van der Waals surface area contributed by atoms with Gasteiger partial charge in [0, 0.05) is 62.1 Å². The van der Waals surface area contributed by atoms with Crippen LogP contribution in [0.5, 0.6) is 0 Å². The van der Waals surface area contributed by atoms with Gasteiger partial charge in [-0.3, -0.25) is 9.69 Å².